The molecule has 8 nitrogen and oxygen atoms in total. The summed E-state index contributed by atoms with van der Waals surface area (Å²) in [5.74, 6) is -0.493. The summed E-state index contributed by atoms with van der Waals surface area (Å²) in [7, 11) is 0. The number of anilines is 2. The minimum atomic E-state index is -4.54. The quantitative estimate of drug-likeness (QED) is 0.542. The summed E-state index contributed by atoms with van der Waals surface area (Å²) in [6.45, 7) is 0. The predicted molar refractivity (Wildman–Crippen MR) is 102 cm³/mol. The molecule has 0 radical (unpaired) electrons. The van der Waals surface area contributed by atoms with Crippen LogP contribution in [0.5, 0.6) is 0 Å². The number of benzene rings is 1. The lowest BCUT2D eigenvalue weighted by Crippen LogP contribution is -2.17. The van der Waals surface area contributed by atoms with E-state index in [1.165, 1.54) is 46.5 Å². The molecule has 29 heavy (non-hydrogen) atoms. The Balaban J connectivity index is 1.45. The van der Waals surface area contributed by atoms with E-state index in [4.69, 9.17) is 0 Å². The molecule has 2 heterocycles. The molecule has 1 aromatic carbocycles. The predicted octanol–water partition coefficient (Wildman–Crippen LogP) is 3.44. The van der Waals surface area contributed by atoms with Crippen LogP contribution in [0.25, 0.3) is 5.69 Å². The fraction of sp³-hybridized carbons (Fsp3) is 0.312. The highest BCUT2D eigenvalue weighted by Gasteiger charge is 2.31. The molecule has 152 valence electrons. The fourth-order valence-corrected chi connectivity index (χ4v) is 4.02. The first-order chi connectivity index (χ1) is 13.9. The maximum Gasteiger partial charge on any atom is 0.416 e. The molecular weight excluding hydrogens is 427 g/mol. The first-order valence-corrected chi connectivity index (χ1v) is 10.3. The summed E-state index contributed by atoms with van der Waals surface area (Å²) in [6.07, 6.45) is 0.266. The molecule has 1 aliphatic rings. The number of aromatic nitrogens is 5. The number of carbonyl (C=O) groups excluding carboxylic acids is 1. The standard InChI is InChI=1S/C16H14F3N7OS2/c17-16(18,19)9-1-4-12(26-8-20-7-21-26)11(5-9)23-13(27)6-28-15-25-24-14(29-15)22-10-2-3-10/h1,4-5,7-8,10H,2-3,6H2,(H,22,24)(H,23,27). The number of amides is 1. The average Bonchev–Trinajstić information content (AvgIpc) is 3.14. The van der Waals surface area contributed by atoms with Gasteiger partial charge in [-0.1, -0.05) is 23.1 Å². The van der Waals surface area contributed by atoms with E-state index < -0.39 is 17.6 Å². The van der Waals surface area contributed by atoms with Crippen LogP contribution in [-0.2, 0) is 11.0 Å². The Morgan fingerprint density at radius 2 is 2.14 bits per heavy atom. The van der Waals surface area contributed by atoms with Crippen LogP contribution in [0.1, 0.15) is 18.4 Å². The maximum absolute atomic E-state index is 13.1. The van der Waals surface area contributed by atoms with Gasteiger partial charge in [-0.05, 0) is 31.0 Å². The minimum absolute atomic E-state index is 0.00993. The monoisotopic (exact) mass is 441 g/mol. The summed E-state index contributed by atoms with van der Waals surface area (Å²) < 4.78 is 41.1. The Morgan fingerprint density at radius 3 is 2.83 bits per heavy atom. The maximum atomic E-state index is 13.1. The van der Waals surface area contributed by atoms with Crippen molar-refractivity contribution >= 4 is 39.8 Å². The van der Waals surface area contributed by atoms with E-state index in [-0.39, 0.29) is 17.1 Å². The third-order valence-corrected chi connectivity index (χ3v) is 5.89. The van der Waals surface area contributed by atoms with E-state index >= 15 is 0 Å². The summed E-state index contributed by atoms with van der Waals surface area (Å²) >= 11 is 2.50. The highest BCUT2D eigenvalue weighted by Crippen LogP contribution is 2.34. The van der Waals surface area contributed by atoms with Gasteiger partial charge in [-0.25, -0.2) is 9.67 Å². The largest absolute Gasteiger partial charge is 0.416 e. The zero-order valence-electron chi connectivity index (χ0n) is 14.7. The van der Waals surface area contributed by atoms with Crippen LogP contribution in [0.4, 0.5) is 24.0 Å². The molecule has 0 atom stereocenters. The molecule has 1 saturated carbocycles. The number of thioether (sulfide) groups is 1. The van der Waals surface area contributed by atoms with Crippen molar-refractivity contribution in [3.8, 4) is 5.69 Å². The van der Waals surface area contributed by atoms with Crippen LogP contribution in [0.3, 0.4) is 0 Å². The molecule has 2 aromatic heterocycles. The van der Waals surface area contributed by atoms with Gasteiger partial charge in [0.15, 0.2) is 4.34 Å². The highest BCUT2D eigenvalue weighted by molar-refractivity contribution is 8.01. The number of hydrogen-bond acceptors (Lipinski definition) is 8. The van der Waals surface area contributed by atoms with E-state index in [2.05, 4.69) is 30.9 Å². The lowest BCUT2D eigenvalue weighted by atomic mass is 10.1. The second-order valence-corrected chi connectivity index (χ2v) is 8.40. The number of nitrogens with zero attached hydrogens (tertiary/aromatic N) is 5. The second-order valence-electron chi connectivity index (χ2n) is 6.20. The molecule has 1 fully saturated rings. The van der Waals surface area contributed by atoms with Gasteiger partial charge < -0.3 is 10.6 Å². The van der Waals surface area contributed by atoms with Crippen LogP contribution in [0.15, 0.2) is 35.2 Å². The van der Waals surface area contributed by atoms with Crippen LogP contribution < -0.4 is 10.6 Å². The van der Waals surface area contributed by atoms with Crippen molar-refractivity contribution in [2.24, 2.45) is 0 Å². The Hall–Kier alpha value is -2.67. The lowest BCUT2D eigenvalue weighted by molar-refractivity contribution is -0.137. The number of rotatable bonds is 7. The first-order valence-electron chi connectivity index (χ1n) is 8.47. The number of carbonyl (C=O) groups is 1. The van der Waals surface area contributed by atoms with Crippen molar-refractivity contribution in [2.75, 3.05) is 16.4 Å². The van der Waals surface area contributed by atoms with Gasteiger partial charge >= 0.3 is 6.18 Å². The SMILES string of the molecule is O=C(CSc1nnc(NC2CC2)s1)Nc1cc(C(F)(F)F)ccc1-n1cncn1. The third-order valence-electron chi connectivity index (χ3n) is 3.90. The molecular formula is C16H14F3N7OS2. The Bertz CT molecular complexity index is 1000. The van der Waals surface area contributed by atoms with Crippen molar-refractivity contribution in [3.05, 3.63) is 36.4 Å². The van der Waals surface area contributed by atoms with E-state index in [0.29, 0.717) is 15.5 Å². The van der Waals surface area contributed by atoms with Crippen molar-refractivity contribution in [1.29, 1.82) is 0 Å². The number of halogens is 3. The zero-order valence-corrected chi connectivity index (χ0v) is 16.3. The van der Waals surface area contributed by atoms with Crippen molar-refractivity contribution in [1.82, 2.24) is 25.0 Å². The van der Waals surface area contributed by atoms with Gasteiger partial charge in [0, 0.05) is 6.04 Å². The summed E-state index contributed by atoms with van der Waals surface area (Å²) in [6, 6.07) is 3.49. The van der Waals surface area contributed by atoms with Gasteiger partial charge in [-0.2, -0.15) is 18.3 Å². The second kappa shape index (κ2) is 7.99. The van der Waals surface area contributed by atoms with Crippen LogP contribution >= 0.6 is 23.1 Å². The van der Waals surface area contributed by atoms with Gasteiger partial charge in [0.1, 0.15) is 12.7 Å². The average molecular weight is 441 g/mol. The van der Waals surface area contributed by atoms with E-state index in [9.17, 15) is 18.0 Å². The number of nitrogens with one attached hydrogen (secondary N) is 2. The molecule has 2 N–H and O–H groups in total. The van der Waals surface area contributed by atoms with Gasteiger partial charge in [0.05, 0.1) is 22.7 Å². The van der Waals surface area contributed by atoms with Crippen molar-refractivity contribution in [2.45, 2.75) is 29.4 Å². The van der Waals surface area contributed by atoms with E-state index in [1.54, 1.807) is 0 Å². The number of hydrogen-bond donors (Lipinski definition) is 2. The first kappa shape index (κ1) is 19.6. The van der Waals surface area contributed by atoms with E-state index in [0.717, 1.165) is 25.0 Å². The summed E-state index contributed by atoms with van der Waals surface area (Å²) in [4.78, 5) is 16.1. The normalized spacial score (nSPS) is 14.0. The van der Waals surface area contributed by atoms with E-state index in [1.807, 2.05) is 0 Å². The fourth-order valence-electron chi connectivity index (χ4n) is 2.39. The Labute approximate surface area is 170 Å². The topological polar surface area (TPSA) is 97.6 Å². The molecule has 0 bridgehead atoms. The summed E-state index contributed by atoms with van der Waals surface area (Å²) in [5.41, 5.74) is -0.603. The zero-order chi connectivity index (χ0) is 20.4. The molecule has 3 aromatic rings. The van der Waals surface area contributed by atoms with Crippen LogP contribution in [0, 0.1) is 0 Å². The molecule has 1 amide bonds. The Morgan fingerprint density at radius 1 is 1.31 bits per heavy atom. The molecule has 1 aliphatic carbocycles. The third kappa shape index (κ3) is 5.03. The molecule has 4 rings (SSSR count). The van der Waals surface area contributed by atoms with Gasteiger partial charge in [0.2, 0.25) is 11.0 Å². The minimum Gasteiger partial charge on any atom is -0.357 e. The molecule has 0 unspecified atom stereocenters. The van der Waals surface area contributed by atoms with Crippen molar-refractivity contribution < 1.29 is 18.0 Å². The molecule has 0 spiro atoms. The molecule has 0 aliphatic heterocycles. The van der Waals surface area contributed by atoms with Gasteiger partial charge in [-0.15, -0.1) is 10.2 Å². The van der Waals surface area contributed by atoms with Crippen LogP contribution in [-0.4, -0.2) is 42.7 Å². The number of alkyl halides is 3. The Kier molecular flexibility index (Phi) is 5.41. The van der Waals surface area contributed by atoms with Gasteiger partial charge in [0.25, 0.3) is 0 Å². The summed E-state index contributed by atoms with van der Waals surface area (Å²) in [5, 5.41) is 18.4. The van der Waals surface area contributed by atoms with Crippen molar-refractivity contribution in [3.63, 3.8) is 0 Å². The smallest absolute Gasteiger partial charge is 0.357 e. The molecule has 13 heteroatoms. The van der Waals surface area contributed by atoms with Crippen LogP contribution in [0.2, 0.25) is 0 Å². The highest BCUT2D eigenvalue weighted by atomic mass is 32.2. The molecule has 0 saturated heterocycles. The lowest BCUT2D eigenvalue weighted by Gasteiger charge is -2.14. The van der Waals surface area contributed by atoms with Gasteiger partial charge in [-0.3, -0.25) is 4.79 Å².